The lowest BCUT2D eigenvalue weighted by molar-refractivity contribution is -0.143. The summed E-state index contributed by atoms with van der Waals surface area (Å²) in [6.45, 7) is 1.87. The van der Waals surface area contributed by atoms with Crippen LogP contribution in [0.25, 0.3) is 0 Å². The van der Waals surface area contributed by atoms with Gasteiger partial charge in [-0.05, 0) is 19.8 Å². The highest BCUT2D eigenvalue weighted by atomic mass is 16.4. The maximum absolute atomic E-state index is 11.6. The summed E-state index contributed by atoms with van der Waals surface area (Å²) in [5.41, 5.74) is 0. The van der Waals surface area contributed by atoms with Crippen molar-refractivity contribution in [3.05, 3.63) is 24.3 Å². The summed E-state index contributed by atoms with van der Waals surface area (Å²) in [6.07, 6.45) is 11.0. The van der Waals surface area contributed by atoms with Gasteiger partial charge in [0.2, 0.25) is 5.91 Å². The van der Waals surface area contributed by atoms with E-state index in [0.29, 0.717) is 6.42 Å². The maximum Gasteiger partial charge on any atom is 0.308 e. The lowest BCUT2D eigenvalue weighted by Gasteiger charge is -2.22. The van der Waals surface area contributed by atoms with Gasteiger partial charge in [0.1, 0.15) is 0 Å². The van der Waals surface area contributed by atoms with Crippen molar-refractivity contribution < 1.29 is 14.7 Å². The molecule has 0 aromatic heterocycles. The molecule has 0 aliphatic heterocycles. The molecule has 1 fully saturated rings. The van der Waals surface area contributed by atoms with Crippen LogP contribution in [0.3, 0.4) is 0 Å². The zero-order valence-corrected chi connectivity index (χ0v) is 10.8. The Morgan fingerprint density at radius 3 is 2.56 bits per heavy atom. The molecule has 0 saturated heterocycles. The van der Waals surface area contributed by atoms with E-state index in [2.05, 4.69) is 5.32 Å². The predicted octanol–water partition coefficient (Wildman–Crippen LogP) is 2.27. The number of aliphatic carboxylic acids is 1. The molecule has 100 valence electrons. The average molecular weight is 251 g/mol. The van der Waals surface area contributed by atoms with Crippen LogP contribution in [-0.4, -0.2) is 23.0 Å². The molecule has 0 bridgehead atoms. The summed E-state index contributed by atoms with van der Waals surface area (Å²) in [7, 11) is 0. The second-order valence-electron chi connectivity index (χ2n) is 4.58. The molecule has 1 saturated carbocycles. The number of amides is 1. The van der Waals surface area contributed by atoms with Gasteiger partial charge in [-0.2, -0.15) is 0 Å². The number of carbonyl (C=O) groups excluding carboxylic acids is 1. The number of nitrogens with one attached hydrogen (secondary N) is 1. The smallest absolute Gasteiger partial charge is 0.308 e. The average Bonchev–Trinajstić information content (AvgIpc) is 2.55. The van der Waals surface area contributed by atoms with Gasteiger partial charge in [-0.15, -0.1) is 0 Å². The third kappa shape index (κ3) is 4.73. The molecule has 4 heteroatoms. The normalized spacial score (nSPS) is 25.2. The molecule has 2 N–H and O–H groups in total. The van der Waals surface area contributed by atoms with Crippen molar-refractivity contribution in [2.75, 3.05) is 0 Å². The van der Waals surface area contributed by atoms with Crippen molar-refractivity contribution in [3.63, 3.8) is 0 Å². The van der Waals surface area contributed by atoms with E-state index in [0.717, 1.165) is 25.7 Å². The van der Waals surface area contributed by atoms with Crippen molar-refractivity contribution in [2.24, 2.45) is 5.92 Å². The number of allylic oxidation sites excluding steroid dienone is 3. The third-order valence-electron chi connectivity index (χ3n) is 3.21. The monoisotopic (exact) mass is 251 g/mol. The highest BCUT2D eigenvalue weighted by Gasteiger charge is 2.29. The SMILES string of the molecule is C/C=C/C=C/C(=O)N[C@@H]1CCCCC[C@H]1C(=O)O. The highest BCUT2D eigenvalue weighted by Crippen LogP contribution is 2.23. The van der Waals surface area contributed by atoms with Crippen LogP contribution >= 0.6 is 0 Å². The largest absolute Gasteiger partial charge is 0.481 e. The van der Waals surface area contributed by atoms with Gasteiger partial charge in [0.05, 0.1) is 5.92 Å². The van der Waals surface area contributed by atoms with E-state index in [1.54, 1.807) is 12.2 Å². The minimum atomic E-state index is -0.806. The van der Waals surface area contributed by atoms with Gasteiger partial charge >= 0.3 is 5.97 Å². The molecule has 18 heavy (non-hydrogen) atoms. The molecule has 1 amide bonds. The van der Waals surface area contributed by atoms with Crippen LogP contribution in [0.1, 0.15) is 39.0 Å². The van der Waals surface area contributed by atoms with Crippen LogP contribution < -0.4 is 5.32 Å². The molecule has 1 rings (SSSR count). The Balaban J connectivity index is 2.60. The zero-order chi connectivity index (χ0) is 13.4. The van der Waals surface area contributed by atoms with E-state index in [9.17, 15) is 14.7 Å². The van der Waals surface area contributed by atoms with E-state index in [1.807, 2.05) is 13.0 Å². The maximum atomic E-state index is 11.6. The Kier molecular flexibility index (Phi) is 6.19. The second kappa shape index (κ2) is 7.69. The molecule has 0 spiro atoms. The fraction of sp³-hybridized carbons (Fsp3) is 0.571. The fourth-order valence-corrected chi connectivity index (χ4v) is 2.26. The van der Waals surface area contributed by atoms with Crippen LogP contribution in [0.15, 0.2) is 24.3 Å². The van der Waals surface area contributed by atoms with Crippen LogP contribution in [0.5, 0.6) is 0 Å². The Hall–Kier alpha value is -1.58. The van der Waals surface area contributed by atoms with Crippen LogP contribution in [-0.2, 0) is 9.59 Å². The van der Waals surface area contributed by atoms with Crippen molar-refractivity contribution in [1.29, 1.82) is 0 Å². The summed E-state index contributed by atoms with van der Waals surface area (Å²) < 4.78 is 0. The van der Waals surface area contributed by atoms with Gasteiger partial charge in [-0.3, -0.25) is 9.59 Å². The van der Waals surface area contributed by atoms with Crippen LogP contribution in [0, 0.1) is 5.92 Å². The molecule has 4 nitrogen and oxygen atoms in total. The predicted molar refractivity (Wildman–Crippen MR) is 70.1 cm³/mol. The molecule has 0 unspecified atom stereocenters. The summed E-state index contributed by atoms with van der Waals surface area (Å²) in [5.74, 6) is -1.47. The molecular weight excluding hydrogens is 230 g/mol. The first-order valence-electron chi connectivity index (χ1n) is 6.48. The number of hydrogen-bond acceptors (Lipinski definition) is 2. The van der Waals surface area contributed by atoms with Crippen molar-refractivity contribution in [3.8, 4) is 0 Å². The van der Waals surface area contributed by atoms with E-state index in [-0.39, 0.29) is 11.9 Å². The number of carboxylic acid groups (broad SMARTS) is 1. The van der Waals surface area contributed by atoms with Crippen LogP contribution in [0.2, 0.25) is 0 Å². The van der Waals surface area contributed by atoms with Gasteiger partial charge in [-0.1, -0.05) is 37.5 Å². The molecule has 1 aliphatic carbocycles. The second-order valence-corrected chi connectivity index (χ2v) is 4.58. The van der Waals surface area contributed by atoms with Gasteiger partial charge < -0.3 is 10.4 Å². The van der Waals surface area contributed by atoms with Crippen LogP contribution in [0.4, 0.5) is 0 Å². The van der Waals surface area contributed by atoms with Gasteiger partial charge in [-0.25, -0.2) is 0 Å². The van der Waals surface area contributed by atoms with E-state index in [1.165, 1.54) is 6.08 Å². The molecule has 0 aromatic carbocycles. The number of rotatable bonds is 4. The number of carboxylic acids is 1. The zero-order valence-electron chi connectivity index (χ0n) is 10.8. The number of carbonyl (C=O) groups is 2. The molecule has 1 aliphatic rings. The van der Waals surface area contributed by atoms with E-state index >= 15 is 0 Å². The Bertz CT molecular complexity index is 347. The molecule has 0 aromatic rings. The highest BCUT2D eigenvalue weighted by molar-refractivity contribution is 5.88. The molecule has 0 heterocycles. The first-order valence-corrected chi connectivity index (χ1v) is 6.48. The molecule has 2 atom stereocenters. The topological polar surface area (TPSA) is 66.4 Å². The third-order valence-corrected chi connectivity index (χ3v) is 3.21. The number of hydrogen-bond donors (Lipinski definition) is 2. The van der Waals surface area contributed by atoms with Crippen molar-refractivity contribution >= 4 is 11.9 Å². The Morgan fingerprint density at radius 2 is 1.89 bits per heavy atom. The lowest BCUT2D eigenvalue weighted by atomic mass is 9.95. The van der Waals surface area contributed by atoms with Gasteiger partial charge in [0.15, 0.2) is 0 Å². The minimum Gasteiger partial charge on any atom is -0.481 e. The molecular formula is C14H21NO3. The summed E-state index contributed by atoms with van der Waals surface area (Å²) in [6, 6.07) is -0.243. The Labute approximate surface area is 108 Å². The van der Waals surface area contributed by atoms with Gasteiger partial charge in [0, 0.05) is 12.1 Å². The minimum absolute atomic E-state index is 0.216. The van der Waals surface area contributed by atoms with E-state index in [4.69, 9.17) is 0 Å². The van der Waals surface area contributed by atoms with E-state index < -0.39 is 11.9 Å². The Morgan fingerprint density at radius 1 is 1.17 bits per heavy atom. The first kappa shape index (κ1) is 14.5. The molecule has 0 radical (unpaired) electrons. The van der Waals surface area contributed by atoms with Gasteiger partial charge in [0.25, 0.3) is 0 Å². The quantitative estimate of drug-likeness (QED) is 0.457. The first-order chi connectivity index (χ1) is 8.65. The summed E-state index contributed by atoms with van der Waals surface area (Å²) >= 11 is 0. The summed E-state index contributed by atoms with van der Waals surface area (Å²) in [5, 5.41) is 12.0. The standard InChI is InChI=1S/C14H21NO3/c1-2-3-5-10-13(16)15-12-9-7-4-6-8-11(12)14(17)18/h2-3,5,10-12H,4,6-9H2,1H3,(H,15,16)(H,17,18)/b3-2+,10-5+/t11-,12-/m1/s1. The fourth-order valence-electron chi connectivity index (χ4n) is 2.26. The summed E-state index contributed by atoms with van der Waals surface area (Å²) in [4.78, 5) is 22.8. The lowest BCUT2D eigenvalue weighted by Crippen LogP contribution is -2.42. The van der Waals surface area contributed by atoms with Crippen molar-refractivity contribution in [1.82, 2.24) is 5.32 Å². The van der Waals surface area contributed by atoms with Crippen molar-refractivity contribution in [2.45, 2.75) is 45.1 Å².